The van der Waals surface area contributed by atoms with E-state index >= 15 is 0 Å². The van der Waals surface area contributed by atoms with Crippen molar-refractivity contribution < 1.29 is 0 Å². The van der Waals surface area contributed by atoms with Crippen molar-refractivity contribution in [2.24, 2.45) is 0 Å². The zero-order chi connectivity index (χ0) is 16.5. The summed E-state index contributed by atoms with van der Waals surface area (Å²) in [6, 6.07) is 13.3. The van der Waals surface area contributed by atoms with Crippen LogP contribution in [0.15, 0.2) is 48.7 Å². The quantitative estimate of drug-likeness (QED) is 0.596. The van der Waals surface area contributed by atoms with Gasteiger partial charge in [0.2, 0.25) is 5.13 Å². The third-order valence-corrected chi connectivity index (χ3v) is 4.81. The van der Waals surface area contributed by atoms with Crippen LogP contribution in [0.3, 0.4) is 0 Å². The number of nitrogens with zero attached hydrogens (tertiary/aromatic N) is 5. The van der Waals surface area contributed by atoms with Crippen LogP contribution in [-0.2, 0) is 0 Å². The second kappa shape index (κ2) is 6.18. The van der Waals surface area contributed by atoms with Crippen LogP contribution in [0.1, 0.15) is 18.8 Å². The third kappa shape index (κ3) is 2.72. The van der Waals surface area contributed by atoms with E-state index in [4.69, 9.17) is 11.6 Å². The molecule has 4 rings (SSSR count). The van der Waals surface area contributed by atoms with E-state index in [1.54, 1.807) is 0 Å². The number of benzene rings is 1. The van der Waals surface area contributed by atoms with Gasteiger partial charge in [-0.05, 0) is 25.1 Å². The molecule has 24 heavy (non-hydrogen) atoms. The van der Waals surface area contributed by atoms with E-state index in [1.165, 1.54) is 11.3 Å². The molecule has 120 valence electrons. The summed E-state index contributed by atoms with van der Waals surface area (Å²) in [5.74, 6) is 0.820. The predicted molar refractivity (Wildman–Crippen MR) is 95.4 cm³/mol. The second-order valence-electron chi connectivity index (χ2n) is 5.25. The van der Waals surface area contributed by atoms with Crippen LogP contribution in [0.5, 0.6) is 0 Å². The van der Waals surface area contributed by atoms with Crippen LogP contribution >= 0.6 is 22.9 Å². The number of nitrogens with one attached hydrogen (secondary N) is 1. The van der Waals surface area contributed by atoms with Crippen molar-refractivity contribution in [3.05, 3.63) is 59.5 Å². The van der Waals surface area contributed by atoms with Crippen LogP contribution < -0.4 is 5.32 Å². The molecular formula is C16H13ClN6S. The number of pyridine rings is 1. The first-order valence-corrected chi connectivity index (χ1v) is 8.56. The number of rotatable bonds is 4. The summed E-state index contributed by atoms with van der Waals surface area (Å²) in [4.78, 5) is 0. The largest absolute Gasteiger partial charge is 0.350 e. The average molecular weight is 357 g/mol. The molecular weight excluding hydrogens is 344 g/mol. The maximum Gasteiger partial charge on any atom is 0.206 e. The van der Waals surface area contributed by atoms with E-state index in [0.717, 1.165) is 22.0 Å². The minimum Gasteiger partial charge on any atom is -0.350 e. The van der Waals surface area contributed by atoms with Gasteiger partial charge in [0.05, 0.1) is 11.1 Å². The number of halogens is 1. The first-order chi connectivity index (χ1) is 11.7. The van der Waals surface area contributed by atoms with Crippen LogP contribution in [0.2, 0.25) is 5.02 Å². The fourth-order valence-electron chi connectivity index (χ4n) is 2.43. The van der Waals surface area contributed by atoms with Gasteiger partial charge >= 0.3 is 0 Å². The Bertz CT molecular complexity index is 995. The highest BCUT2D eigenvalue weighted by molar-refractivity contribution is 7.18. The van der Waals surface area contributed by atoms with Crippen LogP contribution in [0, 0.1) is 0 Å². The molecule has 3 aromatic heterocycles. The molecule has 6 nitrogen and oxygen atoms in total. The third-order valence-electron chi connectivity index (χ3n) is 3.60. The Labute approximate surface area is 147 Å². The highest BCUT2D eigenvalue weighted by Crippen LogP contribution is 2.32. The summed E-state index contributed by atoms with van der Waals surface area (Å²) in [6.45, 7) is 2.01. The maximum atomic E-state index is 6.22. The van der Waals surface area contributed by atoms with Crippen molar-refractivity contribution in [1.82, 2.24) is 24.8 Å². The van der Waals surface area contributed by atoms with Gasteiger partial charge in [0, 0.05) is 11.8 Å². The van der Waals surface area contributed by atoms with Crippen molar-refractivity contribution in [3.63, 3.8) is 0 Å². The molecule has 0 saturated carbocycles. The Hall–Kier alpha value is -2.51. The molecule has 0 fully saturated rings. The predicted octanol–water partition coefficient (Wildman–Crippen LogP) is 4.07. The molecule has 0 aliphatic carbocycles. The first-order valence-electron chi connectivity index (χ1n) is 7.37. The van der Waals surface area contributed by atoms with E-state index in [2.05, 4.69) is 25.7 Å². The summed E-state index contributed by atoms with van der Waals surface area (Å²) in [6.07, 6.45) is 1.94. The van der Waals surface area contributed by atoms with Crippen LogP contribution in [0.4, 0.5) is 5.13 Å². The lowest BCUT2D eigenvalue weighted by Gasteiger charge is -2.10. The summed E-state index contributed by atoms with van der Waals surface area (Å²) < 4.78 is 1.95. The monoisotopic (exact) mass is 356 g/mol. The van der Waals surface area contributed by atoms with Crippen molar-refractivity contribution >= 4 is 33.7 Å². The second-order valence-corrected chi connectivity index (χ2v) is 6.63. The molecule has 0 aliphatic rings. The Morgan fingerprint density at radius 3 is 2.75 bits per heavy atom. The topological polar surface area (TPSA) is 68.0 Å². The molecule has 1 atom stereocenters. The molecule has 8 heteroatoms. The molecule has 0 aliphatic heterocycles. The van der Waals surface area contributed by atoms with Crippen molar-refractivity contribution in [2.75, 3.05) is 5.32 Å². The zero-order valence-corrected chi connectivity index (χ0v) is 14.3. The Kier molecular flexibility index (Phi) is 3.87. The van der Waals surface area contributed by atoms with Crippen molar-refractivity contribution in [2.45, 2.75) is 13.0 Å². The van der Waals surface area contributed by atoms with E-state index < -0.39 is 0 Å². The van der Waals surface area contributed by atoms with Gasteiger partial charge in [-0.25, -0.2) is 0 Å². The summed E-state index contributed by atoms with van der Waals surface area (Å²) >= 11 is 7.67. The SMILES string of the molecule is CC(Nc1nnc(-c2ccccc2Cl)s1)c1nnc2ccccn12. The van der Waals surface area contributed by atoms with Gasteiger partial charge in [0.1, 0.15) is 0 Å². The molecule has 0 spiro atoms. The fourth-order valence-corrected chi connectivity index (χ4v) is 3.58. The molecule has 1 aromatic carbocycles. The zero-order valence-electron chi connectivity index (χ0n) is 12.7. The molecule has 1 unspecified atom stereocenters. The lowest BCUT2D eigenvalue weighted by molar-refractivity contribution is 0.769. The molecule has 3 heterocycles. The molecule has 0 radical (unpaired) electrons. The standard InChI is InChI=1S/C16H13ClN6S/c1-10(14-20-19-13-8-4-5-9-23(13)14)18-16-22-21-15(24-16)11-6-2-3-7-12(11)17/h2-10H,1H3,(H,18,22). The van der Waals surface area contributed by atoms with Crippen LogP contribution in [0.25, 0.3) is 16.2 Å². The smallest absolute Gasteiger partial charge is 0.206 e. The summed E-state index contributed by atoms with van der Waals surface area (Å²) in [5, 5.41) is 22.3. The first kappa shape index (κ1) is 15.0. The Morgan fingerprint density at radius 2 is 1.88 bits per heavy atom. The maximum absolute atomic E-state index is 6.22. The Balaban J connectivity index is 1.59. The number of anilines is 1. The number of hydrogen-bond donors (Lipinski definition) is 1. The number of fused-ring (bicyclic) bond motifs is 1. The van der Waals surface area contributed by atoms with E-state index in [-0.39, 0.29) is 6.04 Å². The summed E-state index contributed by atoms with van der Waals surface area (Å²) in [5.41, 5.74) is 1.69. The molecule has 4 aromatic rings. The lowest BCUT2D eigenvalue weighted by atomic mass is 10.2. The minimum atomic E-state index is -0.0607. The van der Waals surface area contributed by atoms with Gasteiger partial charge in [0.25, 0.3) is 0 Å². The summed E-state index contributed by atoms with van der Waals surface area (Å²) in [7, 11) is 0. The van der Waals surface area contributed by atoms with E-state index in [0.29, 0.717) is 10.2 Å². The average Bonchev–Trinajstić information content (AvgIpc) is 3.22. The number of hydrogen-bond acceptors (Lipinski definition) is 6. The van der Waals surface area contributed by atoms with E-state index in [9.17, 15) is 0 Å². The molecule has 1 N–H and O–H groups in total. The van der Waals surface area contributed by atoms with Crippen molar-refractivity contribution in [3.8, 4) is 10.6 Å². The molecule has 0 amide bonds. The van der Waals surface area contributed by atoms with Gasteiger partial charge in [-0.15, -0.1) is 20.4 Å². The Morgan fingerprint density at radius 1 is 1.04 bits per heavy atom. The van der Waals surface area contributed by atoms with Gasteiger partial charge in [-0.1, -0.05) is 47.2 Å². The highest BCUT2D eigenvalue weighted by Gasteiger charge is 2.16. The molecule has 0 saturated heterocycles. The molecule has 0 bridgehead atoms. The van der Waals surface area contributed by atoms with E-state index in [1.807, 2.05) is 60.0 Å². The van der Waals surface area contributed by atoms with Crippen LogP contribution in [-0.4, -0.2) is 24.8 Å². The van der Waals surface area contributed by atoms with Gasteiger partial charge in [-0.3, -0.25) is 4.40 Å². The van der Waals surface area contributed by atoms with Crippen molar-refractivity contribution in [1.29, 1.82) is 0 Å². The minimum absolute atomic E-state index is 0.0607. The van der Waals surface area contributed by atoms with Gasteiger partial charge in [0.15, 0.2) is 16.5 Å². The normalized spacial score (nSPS) is 12.4. The fraction of sp³-hybridized carbons (Fsp3) is 0.125. The van der Waals surface area contributed by atoms with Gasteiger partial charge < -0.3 is 5.32 Å². The lowest BCUT2D eigenvalue weighted by Crippen LogP contribution is -2.10. The van der Waals surface area contributed by atoms with Gasteiger partial charge in [-0.2, -0.15) is 0 Å². The number of aromatic nitrogens is 5. The highest BCUT2D eigenvalue weighted by atomic mass is 35.5.